The molecule has 0 amide bonds. The number of aliphatic hydroxyl groups is 2. The molecule has 5 atom stereocenters. The van der Waals surface area contributed by atoms with E-state index in [9.17, 15) is 10.2 Å². The van der Waals surface area contributed by atoms with Crippen LogP contribution in [-0.4, -0.2) is 79.2 Å². The number of nitrogens with zero attached hydrogens (tertiary/aromatic N) is 5. The van der Waals surface area contributed by atoms with Crippen LogP contribution in [0.4, 0.5) is 5.82 Å². The Labute approximate surface area is 254 Å². The maximum Gasteiger partial charge on any atom is 0.226 e. The highest BCUT2D eigenvalue weighted by molar-refractivity contribution is 7.13. The lowest BCUT2D eigenvalue weighted by molar-refractivity contribution is -0.0149. The highest BCUT2D eigenvalue weighted by atomic mass is 35.5. The Hall–Kier alpha value is -2.60. The predicted octanol–water partition coefficient (Wildman–Crippen LogP) is 4.56. The first-order valence-electron chi connectivity index (χ1n) is 15.0. The van der Waals surface area contributed by atoms with Crippen molar-refractivity contribution in [2.45, 2.75) is 62.9 Å². The number of anilines is 1. The van der Waals surface area contributed by atoms with Crippen LogP contribution in [-0.2, 0) is 11.2 Å². The number of fused-ring (bicyclic) bond motifs is 1. The minimum Gasteiger partial charge on any atom is -0.390 e. The van der Waals surface area contributed by atoms with Crippen LogP contribution in [0.1, 0.15) is 49.4 Å². The fraction of sp³-hybridized carbons (Fsp3) is 0.516. The number of aliphatic hydroxyl groups excluding tert-OH is 2. The van der Waals surface area contributed by atoms with Crippen molar-refractivity contribution < 1.29 is 14.9 Å². The van der Waals surface area contributed by atoms with Crippen LogP contribution >= 0.6 is 22.9 Å². The zero-order valence-corrected chi connectivity index (χ0v) is 25.1. The van der Waals surface area contributed by atoms with Gasteiger partial charge < -0.3 is 30.2 Å². The molecule has 3 aromatic heterocycles. The summed E-state index contributed by atoms with van der Waals surface area (Å²) in [6.07, 6.45) is 6.29. The number of piperidine rings is 1. The lowest BCUT2D eigenvalue weighted by Gasteiger charge is -2.36. The second-order valence-corrected chi connectivity index (χ2v) is 13.3. The number of hydrogen-bond donors (Lipinski definition) is 3. The van der Waals surface area contributed by atoms with Gasteiger partial charge in [-0.2, -0.15) is 4.98 Å². The molecule has 9 nitrogen and oxygen atoms in total. The second-order valence-electron chi connectivity index (χ2n) is 12.1. The molecule has 0 spiro atoms. The molecule has 3 fully saturated rings. The van der Waals surface area contributed by atoms with Gasteiger partial charge in [-0.15, -0.1) is 11.3 Å². The van der Waals surface area contributed by atoms with Crippen molar-refractivity contribution in [3.05, 3.63) is 58.4 Å². The zero-order chi connectivity index (χ0) is 28.8. The first kappa shape index (κ1) is 28.2. The maximum absolute atomic E-state index is 11.4. The molecular weight excluding hydrogens is 572 g/mol. The molecule has 5 heterocycles. The van der Waals surface area contributed by atoms with Gasteiger partial charge in [0.25, 0.3) is 0 Å². The Morgan fingerprint density at radius 2 is 1.86 bits per heavy atom. The minimum absolute atomic E-state index is 0.00257. The van der Waals surface area contributed by atoms with Gasteiger partial charge in [0.15, 0.2) is 0 Å². The first-order valence-corrected chi connectivity index (χ1v) is 16.2. The first-order chi connectivity index (χ1) is 20.4. The summed E-state index contributed by atoms with van der Waals surface area (Å²) < 4.78 is 7.79. The van der Waals surface area contributed by atoms with Crippen LogP contribution in [0.25, 0.3) is 21.6 Å². The molecule has 4 aromatic rings. The van der Waals surface area contributed by atoms with E-state index >= 15 is 0 Å². The van der Waals surface area contributed by atoms with Crippen LogP contribution in [0.5, 0.6) is 0 Å². The van der Waals surface area contributed by atoms with Gasteiger partial charge in [-0.25, -0.2) is 9.97 Å². The highest BCUT2D eigenvalue weighted by Crippen LogP contribution is 2.46. The molecule has 1 saturated carbocycles. The van der Waals surface area contributed by atoms with Crippen molar-refractivity contribution in [1.82, 2.24) is 24.4 Å². The number of rotatable bonds is 7. The topological polar surface area (TPSA) is 123 Å². The van der Waals surface area contributed by atoms with Crippen LogP contribution in [0.3, 0.4) is 0 Å². The number of nitrogens with two attached hydrogens (primary N) is 1. The molecule has 222 valence electrons. The average molecular weight is 609 g/mol. The lowest BCUT2D eigenvalue weighted by Crippen LogP contribution is -2.42. The van der Waals surface area contributed by atoms with E-state index in [0.717, 1.165) is 74.6 Å². The largest absolute Gasteiger partial charge is 0.390 e. The van der Waals surface area contributed by atoms with Gasteiger partial charge in [-0.1, -0.05) is 30.3 Å². The van der Waals surface area contributed by atoms with Crippen LogP contribution in [0, 0.1) is 11.8 Å². The number of halogens is 1. The Morgan fingerprint density at radius 1 is 1.05 bits per heavy atom. The summed E-state index contributed by atoms with van der Waals surface area (Å²) in [5, 5.41) is 26.3. The Kier molecular flexibility index (Phi) is 7.94. The molecule has 0 bridgehead atoms. The van der Waals surface area contributed by atoms with Crippen molar-refractivity contribution in [3.8, 4) is 10.6 Å². The smallest absolute Gasteiger partial charge is 0.226 e. The van der Waals surface area contributed by atoms with E-state index in [1.54, 1.807) is 11.3 Å². The van der Waals surface area contributed by atoms with Gasteiger partial charge in [-0.05, 0) is 74.2 Å². The van der Waals surface area contributed by atoms with E-state index in [4.69, 9.17) is 27.1 Å². The number of benzene rings is 1. The lowest BCUT2D eigenvalue weighted by atomic mass is 9.82. The molecule has 2 saturated heterocycles. The standard InChI is InChI=1S/C31H37ClN6O3S/c32-31-35-28(33)25-23(30-34-20(17-42-30)13-18-5-2-1-3-6-18)16-38(29(25)36-31)24-14-22(26(39)27(24)40)19-8-10-37(11-9-19)15-21-7-4-12-41-21/h1-3,5-6,16-17,19,21-22,24,26-27,39-40H,4,7-15H2,(H2,33,35,36)/t21?,22-,24-,26-,27+/m1/s1. The fourth-order valence-electron chi connectivity index (χ4n) is 7.31. The molecule has 1 aromatic carbocycles. The Balaban J connectivity index is 1.14. The number of aromatic nitrogens is 4. The third kappa shape index (κ3) is 5.44. The molecule has 1 aliphatic carbocycles. The predicted molar refractivity (Wildman–Crippen MR) is 165 cm³/mol. The third-order valence-electron chi connectivity index (χ3n) is 9.46. The van der Waals surface area contributed by atoms with E-state index in [2.05, 4.69) is 32.4 Å². The van der Waals surface area contributed by atoms with Crippen molar-refractivity contribution in [3.63, 3.8) is 0 Å². The van der Waals surface area contributed by atoms with E-state index in [1.165, 1.54) is 5.56 Å². The number of hydrogen-bond acceptors (Lipinski definition) is 9. The number of nitrogen functional groups attached to an aromatic ring is 1. The van der Waals surface area contributed by atoms with Gasteiger partial charge in [-0.3, -0.25) is 0 Å². The van der Waals surface area contributed by atoms with E-state index < -0.39 is 12.2 Å². The van der Waals surface area contributed by atoms with E-state index in [0.29, 0.717) is 29.5 Å². The summed E-state index contributed by atoms with van der Waals surface area (Å²) in [6.45, 7) is 3.87. The molecule has 42 heavy (non-hydrogen) atoms. The summed E-state index contributed by atoms with van der Waals surface area (Å²) in [5.74, 6) is 0.633. The minimum atomic E-state index is -0.928. The van der Waals surface area contributed by atoms with E-state index in [-0.39, 0.29) is 23.1 Å². The molecule has 11 heteroatoms. The summed E-state index contributed by atoms with van der Waals surface area (Å²) in [4.78, 5) is 16.2. The van der Waals surface area contributed by atoms with Crippen LogP contribution in [0.15, 0.2) is 41.9 Å². The van der Waals surface area contributed by atoms with Crippen molar-refractivity contribution >= 4 is 39.8 Å². The fourth-order valence-corrected chi connectivity index (χ4v) is 8.31. The molecule has 0 radical (unpaired) electrons. The molecule has 1 unspecified atom stereocenters. The summed E-state index contributed by atoms with van der Waals surface area (Å²) in [6, 6.07) is 9.89. The van der Waals surface area contributed by atoms with E-state index in [1.807, 2.05) is 29.0 Å². The molecule has 7 rings (SSSR count). The number of ether oxygens (including phenoxy) is 1. The van der Waals surface area contributed by atoms with Crippen molar-refractivity contribution in [1.29, 1.82) is 0 Å². The average Bonchev–Trinajstić information content (AvgIpc) is 3.79. The highest BCUT2D eigenvalue weighted by Gasteiger charge is 2.47. The Morgan fingerprint density at radius 3 is 2.62 bits per heavy atom. The number of likely N-dealkylation sites (tertiary alicyclic amines) is 1. The summed E-state index contributed by atoms with van der Waals surface area (Å²) in [7, 11) is 0. The van der Waals surface area contributed by atoms with Crippen molar-refractivity contribution in [2.24, 2.45) is 11.8 Å². The normalized spacial score (nSPS) is 27.4. The zero-order valence-electron chi connectivity index (χ0n) is 23.5. The Bertz CT molecular complexity index is 1530. The maximum atomic E-state index is 11.4. The quantitative estimate of drug-likeness (QED) is 0.261. The van der Waals surface area contributed by atoms with Gasteiger partial charge in [0.05, 0.1) is 29.3 Å². The van der Waals surface area contributed by atoms with Gasteiger partial charge >= 0.3 is 0 Å². The summed E-state index contributed by atoms with van der Waals surface area (Å²) >= 11 is 7.84. The van der Waals surface area contributed by atoms with Gasteiger partial charge in [0, 0.05) is 36.7 Å². The monoisotopic (exact) mass is 608 g/mol. The summed E-state index contributed by atoms with van der Waals surface area (Å²) in [5.41, 5.74) is 9.96. The van der Waals surface area contributed by atoms with Crippen LogP contribution in [0.2, 0.25) is 5.28 Å². The molecule has 4 N–H and O–H groups in total. The molecule has 3 aliphatic rings. The second kappa shape index (κ2) is 11.8. The van der Waals surface area contributed by atoms with Gasteiger partial charge in [0.1, 0.15) is 22.6 Å². The molecular formula is C31H37ClN6O3S. The third-order valence-corrected chi connectivity index (χ3v) is 10.6. The number of thiazole rings is 1. The van der Waals surface area contributed by atoms with Crippen molar-refractivity contribution in [2.75, 3.05) is 32.0 Å². The molecule has 2 aliphatic heterocycles. The SMILES string of the molecule is Nc1nc(Cl)nc2c1c(-c1nc(Cc3ccccc3)cs1)cn2[C@@H]1C[C@H](C2CCN(CC3CCCO3)CC2)[C@@H](O)[C@H]1O. The van der Waals surface area contributed by atoms with Gasteiger partial charge in [0.2, 0.25) is 5.28 Å². The van der Waals surface area contributed by atoms with Crippen LogP contribution < -0.4 is 5.73 Å².